The summed E-state index contributed by atoms with van der Waals surface area (Å²) in [7, 11) is 1.74. The lowest BCUT2D eigenvalue weighted by atomic mass is 10.2. The molecular formula is C13H18BrNO3. The van der Waals surface area contributed by atoms with Crippen molar-refractivity contribution in [2.75, 3.05) is 13.7 Å². The lowest BCUT2D eigenvalue weighted by molar-refractivity contribution is -0.133. The molecule has 1 rings (SSSR count). The second-order valence-corrected chi connectivity index (χ2v) is 5.13. The standard InChI is InChI=1S/C13H18BrNO3/c1-9(2)15(3)12(17)8-18-13-10(7-16)5-4-6-11(13)14/h4-6,9,16H,7-8H2,1-3H3. The summed E-state index contributed by atoms with van der Waals surface area (Å²) in [6.07, 6.45) is 0. The number of hydrogen-bond donors (Lipinski definition) is 1. The molecule has 0 radical (unpaired) electrons. The first-order chi connectivity index (χ1) is 8.47. The van der Waals surface area contributed by atoms with Crippen molar-refractivity contribution >= 4 is 21.8 Å². The highest BCUT2D eigenvalue weighted by Gasteiger charge is 2.14. The highest BCUT2D eigenvalue weighted by molar-refractivity contribution is 9.10. The Labute approximate surface area is 116 Å². The van der Waals surface area contributed by atoms with Crippen LogP contribution in [0.15, 0.2) is 22.7 Å². The van der Waals surface area contributed by atoms with Crippen molar-refractivity contribution in [1.29, 1.82) is 0 Å². The maximum atomic E-state index is 11.8. The Bertz CT molecular complexity index is 421. The molecule has 5 heteroatoms. The quantitative estimate of drug-likeness (QED) is 0.906. The number of para-hydroxylation sites is 1. The number of benzene rings is 1. The predicted molar refractivity (Wildman–Crippen MR) is 73.5 cm³/mol. The number of likely N-dealkylation sites (N-methyl/N-ethyl adjacent to an activating group) is 1. The van der Waals surface area contributed by atoms with Crippen molar-refractivity contribution in [3.8, 4) is 5.75 Å². The molecule has 0 aliphatic rings. The van der Waals surface area contributed by atoms with Gasteiger partial charge in [-0.3, -0.25) is 4.79 Å². The van der Waals surface area contributed by atoms with Crippen LogP contribution in [0.3, 0.4) is 0 Å². The minimum absolute atomic E-state index is 0.0374. The molecule has 18 heavy (non-hydrogen) atoms. The average Bonchev–Trinajstić information content (AvgIpc) is 2.35. The van der Waals surface area contributed by atoms with Gasteiger partial charge >= 0.3 is 0 Å². The van der Waals surface area contributed by atoms with Gasteiger partial charge in [0.15, 0.2) is 6.61 Å². The zero-order chi connectivity index (χ0) is 13.7. The Kier molecular flexibility index (Phi) is 5.62. The van der Waals surface area contributed by atoms with Gasteiger partial charge in [-0.1, -0.05) is 12.1 Å². The predicted octanol–water partition coefficient (Wildman–Crippen LogP) is 2.19. The largest absolute Gasteiger partial charge is 0.482 e. The first-order valence-electron chi connectivity index (χ1n) is 5.74. The lowest BCUT2D eigenvalue weighted by Crippen LogP contribution is -2.36. The summed E-state index contributed by atoms with van der Waals surface area (Å²) in [5.41, 5.74) is 0.657. The van der Waals surface area contributed by atoms with Crippen LogP contribution in [0.1, 0.15) is 19.4 Å². The van der Waals surface area contributed by atoms with Crippen LogP contribution in [-0.4, -0.2) is 35.6 Å². The molecule has 0 aliphatic heterocycles. The van der Waals surface area contributed by atoms with Gasteiger partial charge in [0, 0.05) is 18.7 Å². The molecular weight excluding hydrogens is 298 g/mol. The molecule has 0 atom stereocenters. The van der Waals surface area contributed by atoms with Gasteiger partial charge in [-0.15, -0.1) is 0 Å². The fourth-order valence-corrected chi connectivity index (χ4v) is 1.89. The van der Waals surface area contributed by atoms with E-state index in [4.69, 9.17) is 4.74 Å². The molecule has 0 fully saturated rings. The van der Waals surface area contributed by atoms with Crippen LogP contribution in [0.5, 0.6) is 5.75 Å². The van der Waals surface area contributed by atoms with E-state index in [2.05, 4.69) is 15.9 Å². The SMILES string of the molecule is CC(C)N(C)C(=O)COc1c(Br)cccc1CO. The summed E-state index contributed by atoms with van der Waals surface area (Å²) in [6, 6.07) is 5.52. The summed E-state index contributed by atoms with van der Waals surface area (Å²) in [6.45, 7) is 3.72. The minimum atomic E-state index is -0.122. The van der Waals surface area contributed by atoms with Gasteiger partial charge in [0.05, 0.1) is 11.1 Å². The van der Waals surface area contributed by atoms with Gasteiger partial charge in [-0.2, -0.15) is 0 Å². The number of aliphatic hydroxyl groups excluding tert-OH is 1. The van der Waals surface area contributed by atoms with E-state index in [9.17, 15) is 9.90 Å². The molecule has 0 aromatic heterocycles. The molecule has 0 unspecified atom stereocenters. The van der Waals surface area contributed by atoms with E-state index in [-0.39, 0.29) is 25.2 Å². The Hall–Kier alpha value is -1.07. The van der Waals surface area contributed by atoms with E-state index in [1.165, 1.54) is 0 Å². The van der Waals surface area contributed by atoms with Crippen molar-refractivity contribution in [3.63, 3.8) is 0 Å². The lowest BCUT2D eigenvalue weighted by Gasteiger charge is -2.22. The molecule has 1 N–H and O–H groups in total. The van der Waals surface area contributed by atoms with E-state index >= 15 is 0 Å². The van der Waals surface area contributed by atoms with E-state index in [0.29, 0.717) is 11.3 Å². The first kappa shape index (κ1) is 15.0. The summed E-state index contributed by atoms with van der Waals surface area (Å²) < 4.78 is 6.22. The van der Waals surface area contributed by atoms with Gasteiger partial charge in [-0.25, -0.2) is 0 Å². The topological polar surface area (TPSA) is 49.8 Å². The average molecular weight is 316 g/mol. The van der Waals surface area contributed by atoms with Gasteiger partial charge in [0.1, 0.15) is 5.75 Å². The van der Waals surface area contributed by atoms with Gasteiger partial charge in [0.25, 0.3) is 5.91 Å². The Balaban J connectivity index is 2.72. The Morgan fingerprint density at radius 2 is 2.17 bits per heavy atom. The van der Waals surface area contributed by atoms with Crippen LogP contribution in [0, 0.1) is 0 Å². The van der Waals surface area contributed by atoms with Crippen molar-refractivity contribution in [2.45, 2.75) is 26.5 Å². The zero-order valence-corrected chi connectivity index (χ0v) is 12.4. The van der Waals surface area contributed by atoms with Crippen molar-refractivity contribution in [1.82, 2.24) is 4.90 Å². The number of ether oxygens (including phenoxy) is 1. The third kappa shape index (κ3) is 3.71. The zero-order valence-electron chi connectivity index (χ0n) is 10.8. The van der Waals surface area contributed by atoms with Crippen molar-refractivity contribution in [2.24, 2.45) is 0 Å². The Morgan fingerprint density at radius 1 is 1.50 bits per heavy atom. The van der Waals surface area contributed by atoms with Crippen LogP contribution < -0.4 is 4.74 Å². The summed E-state index contributed by atoms with van der Waals surface area (Å²) >= 11 is 3.34. The number of hydrogen-bond acceptors (Lipinski definition) is 3. The molecule has 4 nitrogen and oxygen atoms in total. The van der Waals surface area contributed by atoms with Crippen LogP contribution in [0.4, 0.5) is 0 Å². The number of nitrogens with zero attached hydrogens (tertiary/aromatic N) is 1. The van der Waals surface area contributed by atoms with E-state index in [1.807, 2.05) is 26.0 Å². The van der Waals surface area contributed by atoms with Crippen LogP contribution >= 0.6 is 15.9 Å². The highest BCUT2D eigenvalue weighted by Crippen LogP contribution is 2.29. The molecule has 0 aliphatic carbocycles. The molecule has 100 valence electrons. The van der Waals surface area contributed by atoms with Crippen LogP contribution in [0.2, 0.25) is 0 Å². The minimum Gasteiger partial charge on any atom is -0.482 e. The first-order valence-corrected chi connectivity index (χ1v) is 6.53. The fraction of sp³-hybridized carbons (Fsp3) is 0.462. The molecule has 0 spiro atoms. The molecule has 0 heterocycles. The molecule has 1 aromatic rings. The van der Waals surface area contributed by atoms with E-state index < -0.39 is 0 Å². The van der Waals surface area contributed by atoms with Crippen LogP contribution in [0.25, 0.3) is 0 Å². The number of carbonyl (C=O) groups is 1. The number of amides is 1. The van der Waals surface area contributed by atoms with Gasteiger partial charge in [0.2, 0.25) is 0 Å². The monoisotopic (exact) mass is 315 g/mol. The van der Waals surface area contributed by atoms with Crippen molar-refractivity contribution in [3.05, 3.63) is 28.2 Å². The number of carbonyl (C=O) groups excluding carboxylic acids is 1. The van der Waals surface area contributed by atoms with Crippen molar-refractivity contribution < 1.29 is 14.6 Å². The molecule has 0 saturated carbocycles. The fourth-order valence-electron chi connectivity index (χ4n) is 1.36. The molecule has 0 saturated heterocycles. The third-order valence-electron chi connectivity index (χ3n) is 2.73. The van der Waals surface area contributed by atoms with E-state index in [0.717, 1.165) is 4.47 Å². The highest BCUT2D eigenvalue weighted by atomic mass is 79.9. The second-order valence-electron chi connectivity index (χ2n) is 4.27. The maximum absolute atomic E-state index is 11.8. The van der Waals surface area contributed by atoms with Crippen LogP contribution in [-0.2, 0) is 11.4 Å². The summed E-state index contributed by atoms with van der Waals surface area (Å²) in [5, 5.41) is 9.21. The smallest absolute Gasteiger partial charge is 0.260 e. The third-order valence-corrected chi connectivity index (χ3v) is 3.35. The molecule has 0 bridgehead atoms. The van der Waals surface area contributed by atoms with Gasteiger partial charge in [-0.05, 0) is 35.8 Å². The second kappa shape index (κ2) is 6.75. The van der Waals surface area contributed by atoms with E-state index in [1.54, 1.807) is 18.0 Å². The Morgan fingerprint density at radius 3 is 2.72 bits per heavy atom. The summed E-state index contributed by atoms with van der Waals surface area (Å²) in [5.74, 6) is 0.426. The van der Waals surface area contributed by atoms with Gasteiger partial charge < -0.3 is 14.7 Å². The number of rotatable bonds is 5. The summed E-state index contributed by atoms with van der Waals surface area (Å²) in [4.78, 5) is 13.4. The normalized spacial score (nSPS) is 10.6. The molecule has 1 amide bonds. The molecule has 1 aromatic carbocycles. The number of aliphatic hydroxyl groups is 1. The number of halogens is 1. The maximum Gasteiger partial charge on any atom is 0.260 e.